The number of nitrogens with one attached hydrogen (secondary N) is 3. The van der Waals surface area contributed by atoms with Gasteiger partial charge in [-0.05, 0) is 42.8 Å². The van der Waals surface area contributed by atoms with Gasteiger partial charge >= 0.3 is 6.03 Å². The van der Waals surface area contributed by atoms with E-state index in [2.05, 4.69) is 25.9 Å². The molecule has 0 bridgehead atoms. The highest BCUT2D eigenvalue weighted by Gasteiger charge is 2.16. The topological polar surface area (TPSA) is 140 Å². The van der Waals surface area contributed by atoms with Crippen LogP contribution in [0.5, 0.6) is 11.5 Å². The van der Waals surface area contributed by atoms with E-state index in [0.29, 0.717) is 27.9 Å². The van der Waals surface area contributed by atoms with Crippen LogP contribution in [0.15, 0.2) is 42.6 Å². The summed E-state index contributed by atoms with van der Waals surface area (Å²) in [5.74, 6) is 0.496. The summed E-state index contributed by atoms with van der Waals surface area (Å²) in [7, 11) is 0. The molecule has 2 heterocycles. The lowest BCUT2D eigenvalue weighted by atomic mass is 10.2. The number of aromatic nitrogens is 2. The van der Waals surface area contributed by atoms with E-state index in [0.717, 1.165) is 5.56 Å². The van der Waals surface area contributed by atoms with Crippen LogP contribution in [0.25, 0.3) is 0 Å². The predicted molar refractivity (Wildman–Crippen MR) is 116 cm³/mol. The predicted octanol–water partition coefficient (Wildman–Crippen LogP) is 3.65. The highest BCUT2D eigenvalue weighted by Crippen LogP contribution is 2.34. The van der Waals surface area contributed by atoms with E-state index in [9.17, 15) is 9.59 Å². The summed E-state index contributed by atoms with van der Waals surface area (Å²) in [6.07, 6.45) is 1.23. The van der Waals surface area contributed by atoms with Crippen LogP contribution < -0.4 is 31.2 Å². The van der Waals surface area contributed by atoms with Crippen molar-refractivity contribution in [3.63, 3.8) is 0 Å². The second kappa shape index (κ2) is 8.36. The molecule has 0 spiro atoms. The van der Waals surface area contributed by atoms with Crippen LogP contribution in [0.3, 0.4) is 0 Å². The Kier molecular flexibility index (Phi) is 5.46. The normalized spacial score (nSPS) is 11.7. The molecule has 0 radical (unpaired) electrons. The summed E-state index contributed by atoms with van der Waals surface area (Å²) in [6.45, 7) is 1.96. The van der Waals surface area contributed by atoms with E-state index in [1.54, 1.807) is 36.4 Å². The van der Waals surface area contributed by atoms with Crippen LogP contribution in [0, 0.1) is 6.92 Å². The Bertz CT molecular complexity index is 1190. The van der Waals surface area contributed by atoms with E-state index in [-0.39, 0.29) is 24.1 Å². The Hall–Kier alpha value is -4.05. The highest BCUT2D eigenvalue weighted by molar-refractivity contribution is 6.31. The molecule has 4 rings (SSSR count). The van der Waals surface area contributed by atoms with Gasteiger partial charge in [-0.3, -0.25) is 10.1 Å². The molecule has 158 valence electrons. The number of halogens is 1. The van der Waals surface area contributed by atoms with Gasteiger partial charge in [0.1, 0.15) is 11.4 Å². The molecular formula is C20H17ClN6O4. The summed E-state index contributed by atoms with van der Waals surface area (Å²) >= 11 is 5.99. The van der Waals surface area contributed by atoms with Gasteiger partial charge in [-0.25, -0.2) is 9.78 Å². The van der Waals surface area contributed by atoms with Crippen molar-refractivity contribution < 1.29 is 19.1 Å². The van der Waals surface area contributed by atoms with Gasteiger partial charge in [-0.1, -0.05) is 11.6 Å². The molecule has 0 atom stereocenters. The Balaban J connectivity index is 1.40. The van der Waals surface area contributed by atoms with Crippen molar-refractivity contribution in [2.75, 3.05) is 28.5 Å². The molecule has 0 fully saturated rings. The van der Waals surface area contributed by atoms with Crippen molar-refractivity contribution in [3.05, 3.63) is 58.7 Å². The monoisotopic (exact) mass is 440 g/mol. The minimum Gasteiger partial charge on any atom is -0.454 e. The van der Waals surface area contributed by atoms with Gasteiger partial charge < -0.3 is 25.8 Å². The average molecular weight is 441 g/mol. The van der Waals surface area contributed by atoms with Gasteiger partial charge in [0.2, 0.25) is 12.7 Å². The van der Waals surface area contributed by atoms with E-state index in [1.807, 2.05) is 6.92 Å². The number of ether oxygens (including phenoxy) is 2. The summed E-state index contributed by atoms with van der Waals surface area (Å²) in [4.78, 5) is 32.6. The second-order valence-corrected chi connectivity index (χ2v) is 6.96. The first-order valence-electron chi connectivity index (χ1n) is 9.07. The molecule has 5 N–H and O–H groups in total. The number of nitrogens with two attached hydrogens (primary N) is 1. The van der Waals surface area contributed by atoms with Crippen LogP contribution in [0.2, 0.25) is 5.02 Å². The van der Waals surface area contributed by atoms with Gasteiger partial charge in [-0.15, -0.1) is 0 Å². The highest BCUT2D eigenvalue weighted by atomic mass is 35.5. The van der Waals surface area contributed by atoms with Crippen molar-refractivity contribution in [2.45, 2.75) is 6.92 Å². The number of rotatable bonds is 4. The molecule has 0 saturated carbocycles. The van der Waals surface area contributed by atoms with Crippen molar-refractivity contribution in [1.82, 2.24) is 9.97 Å². The largest absolute Gasteiger partial charge is 0.454 e. The molecule has 1 aromatic heterocycles. The van der Waals surface area contributed by atoms with Crippen molar-refractivity contribution in [1.29, 1.82) is 0 Å². The smallest absolute Gasteiger partial charge is 0.326 e. The Morgan fingerprint density at radius 3 is 2.55 bits per heavy atom. The fourth-order valence-corrected chi connectivity index (χ4v) is 2.91. The zero-order chi connectivity index (χ0) is 22.0. The van der Waals surface area contributed by atoms with Crippen LogP contribution in [-0.4, -0.2) is 28.7 Å². The SMILES string of the molecule is Cc1cc(NC(=O)c2cnc(NC(=O)Nc3ccc4c(c3)OCO4)nc2N)ccc1Cl. The zero-order valence-corrected chi connectivity index (χ0v) is 17.0. The minimum atomic E-state index is -0.591. The first-order chi connectivity index (χ1) is 14.9. The maximum absolute atomic E-state index is 12.5. The standard InChI is InChI=1S/C20H17ClN6O4/c1-10-6-11(2-4-14(10)21)24-18(28)13-8-23-19(26-17(13)22)27-20(29)25-12-3-5-15-16(7-12)31-9-30-15/h2-8H,9H2,1H3,(H,24,28)(H4,22,23,25,26,27,29). The number of anilines is 4. The quantitative estimate of drug-likeness (QED) is 0.485. The van der Waals surface area contributed by atoms with Gasteiger partial charge in [0.05, 0.1) is 0 Å². The third kappa shape index (κ3) is 4.59. The van der Waals surface area contributed by atoms with Crippen molar-refractivity contribution in [3.8, 4) is 11.5 Å². The summed E-state index contributed by atoms with van der Waals surface area (Å²) in [6, 6.07) is 9.46. The van der Waals surface area contributed by atoms with Crippen molar-refractivity contribution in [2.24, 2.45) is 0 Å². The van der Waals surface area contributed by atoms with Crippen LogP contribution in [-0.2, 0) is 0 Å². The number of amides is 3. The number of nitrogens with zero attached hydrogens (tertiary/aromatic N) is 2. The molecule has 0 saturated heterocycles. The Labute approximate surface area is 181 Å². The number of urea groups is 1. The maximum atomic E-state index is 12.5. The number of benzene rings is 2. The van der Waals surface area contributed by atoms with Gasteiger partial charge in [0.25, 0.3) is 5.91 Å². The molecule has 0 aliphatic carbocycles. The molecular weight excluding hydrogens is 424 g/mol. The average Bonchev–Trinajstić information content (AvgIpc) is 3.18. The third-order valence-electron chi connectivity index (χ3n) is 4.33. The molecule has 1 aliphatic rings. The molecule has 11 heteroatoms. The molecule has 3 amide bonds. The Morgan fingerprint density at radius 1 is 1.03 bits per heavy atom. The number of carbonyl (C=O) groups excluding carboxylic acids is 2. The van der Waals surface area contributed by atoms with Gasteiger partial charge in [0, 0.05) is 28.7 Å². The number of hydrogen-bond donors (Lipinski definition) is 4. The molecule has 0 unspecified atom stereocenters. The summed E-state index contributed by atoms with van der Waals surface area (Å²) in [5.41, 5.74) is 7.81. The lowest BCUT2D eigenvalue weighted by molar-refractivity contribution is 0.102. The van der Waals surface area contributed by atoms with Crippen molar-refractivity contribution >= 4 is 46.7 Å². The maximum Gasteiger partial charge on any atom is 0.326 e. The number of carbonyl (C=O) groups is 2. The number of nitrogen functional groups attached to an aromatic ring is 1. The Morgan fingerprint density at radius 2 is 1.77 bits per heavy atom. The van der Waals surface area contributed by atoms with Gasteiger partial charge in [-0.2, -0.15) is 4.98 Å². The minimum absolute atomic E-state index is 0.0605. The molecule has 1 aliphatic heterocycles. The van der Waals surface area contributed by atoms with E-state index >= 15 is 0 Å². The first-order valence-corrected chi connectivity index (χ1v) is 9.44. The van der Waals surface area contributed by atoms with Crippen LogP contribution in [0.4, 0.5) is 27.9 Å². The molecule has 10 nitrogen and oxygen atoms in total. The van der Waals surface area contributed by atoms with E-state index in [4.69, 9.17) is 26.8 Å². The van der Waals surface area contributed by atoms with E-state index < -0.39 is 11.9 Å². The molecule has 31 heavy (non-hydrogen) atoms. The zero-order valence-electron chi connectivity index (χ0n) is 16.2. The third-order valence-corrected chi connectivity index (χ3v) is 4.76. The first kappa shape index (κ1) is 20.2. The van der Waals surface area contributed by atoms with E-state index in [1.165, 1.54) is 6.20 Å². The lowest BCUT2D eigenvalue weighted by Crippen LogP contribution is -2.22. The van der Waals surface area contributed by atoms with Gasteiger partial charge in [0.15, 0.2) is 11.5 Å². The fourth-order valence-electron chi connectivity index (χ4n) is 2.79. The lowest BCUT2D eigenvalue weighted by Gasteiger charge is -2.10. The number of aryl methyl sites for hydroxylation is 1. The summed E-state index contributed by atoms with van der Waals surface area (Å²) < 4.78 is 10.5. The number of fused-ring (bicyclic) bond motifs is 1. The number of hydrogen-bond acceptors (Lipinski definition) is 7. The second-order valence-electron chi connectivity index (χ2n) is 6.56. The molecule has 2 aromatic carbocycles. The molecule has 3 aromatic rings. The van der Waals surface area contributed by atoms with Crippen LogP contribution >= 0.6 is 11.6 Å². The fraction of sp³-hybridized carbons (Fsp3) is 0.100. The summed E-state index contributed by atoms with van der Waals surface area (Å²) in [5, 5.41) is 8.37. The van der Waals surface area contributed by atoms with Crippen LogP contribution in [0.1, 0.15) is 15.9 Å².